The summed E-state index contributed by atoms with van der Waals surface area (Å²) in [5.74, 6) is 0.692. The fourth-order valence-electron chi connectivity index (χ4n) is 1.25. The highest BCUT2D eigenvalue weighted by atomic mass is 15.3. The zero-order valence-corrected chi connectivity index (χ0v) is 9.04. The van der Waals surface area contributed by atoms with E-state index in [4.69, 9.17) is 5.26 Å². The molecule has 0 aliphatic carbocycles. The Morgan fingerprint density at radius 1 is 1.18 bits per heavy atom. The molecular weight excluding hydrogens is 212 g/mol. The number of benzene rings is 1. The molecule has 0 spiro atoms. The van der Waals surface area contributed by atoms with Gasteiger partial charge in [0.05, 0.1) is 17.8 Å². The van der Waals surface area contributed by atoms with Gasteiger partial charge in [-0.15, -0.1) is 0 Å². The third-order valence-electron chi connectivity index (χ3n) is 2.10. The van der Waals surface area contributed by atoms with Gasteiger partial charge in [-0.3, -0.25) is 5.43 Å². The van der Waals surface area contributed by atoms with Gasteiger partial charge >= 0.3 is 0 Å². The van der Waals surface area contributed by atoms with Crippen molar-refractivity contribution in [1.82, 2.24) is 4.98 Å². The molecule has 4 heteroatoms. The first-order chi connectivity index (χ1) is 8.38. The van der Waals surface area contributed by atoms with Gasteiger partial charge in [0.2, 0.25) is 0 Å². The molecule has 0 bridgehead atoms. The lowest BCUT2D eigenvalue weighted by molar-refractivity contribution is 1.23. The number of pyridine rings is 1. The van der Waals surface area contributed by atoms with Crippen LogP contribution in [0.25, 0.3) is 0 Å². The van der Waals surface area contributed by atoms with Crippen LogP contribution in [0.15, 0.2) is 53.8 Å². The molecule has 0 atom stereocenters. The molecule has 0 saturated carbocycles. The van der Waals surface area contributed by atoms with Crippen LogP contribution in [0.1, 0.15) is 11.1 Å². The first kappa shape index (κ1) is 10.8. The van der Waals surface area contributed by atoms with Crippen LogP contribution in [-0.4, -0.2) is 11.2 Å². The number of nitriles is 1. The number of nitrogens with one attached hydrogen (secondary N) is 1. The topological polar surface area (TPSA) is 61.1 Å². The number of hydrogen-bond acceptors (Lipinski definition) is 4. The molecule has 1 aromatic carbocycles. The average molecular weight is 222 g/mol. The highest BCUT2D eigenvalue weighted by Gasteiger charge is 1.90. The molecule has 4 nitrogen and oxygen atoms in total. The number of anilines is 1. The highest BCUT2D eigenvalue weighted by Crippen LogP contribution is 2.02. The largest absolute Gasteiger partial charge is 0.261 e. The summed E-state index contributed by atoms with van der Waals surface area (Å²) in [6, 6.07) is 14.8. The Morgan fingerprint density at radius 3 is 2.65 bits per heavy atom. The lowest BCUT2D eigenvalue weighted by atomic mass is 10.2. The SMILES string of the molecule is N#Cc1ccc(/C=N\Nc2ccccn2)cc1. The second kappa shape index (κ2) is 5.42. The van der Waals surface area contributed by atoms with Crippen LogP contribution in [0.3, 0.4) is 0 Å². The van der Waals surface area contributed by atoms with Gasteiger partial charge in [0.25, 0.3) is 0 Å². The van der Waals surface area contributed by atoms with Gasteiger partial charge in [0, 0.05) is 6.20 Å². The molecule has 2 rings (SSSR count). The van der Waals surface area contributed by atoms with Crippen molar-refractivity contribution in [2.24, 2.45) is 5.10 Å². The maximum atomic E-state index is 8.65. The van der Waals surface area contributed by atoms with E-state index in [-0.39, 0.29) is 0 Å². The van der Waals surface area contributed by atoms with Crippen LogP contribution in [-0.2, 0) is 0 Å². The lowest BCUT2D eigenvalue weighted by Gasteiger charge is -1.97. The van der Waals surface area contributed by atoms with E-state index >= 15 is 0 Å². The summed E-state index contributed by atoms with van der Waals surface area (Å²) >= 11 is 0. The molecule has 0 saturated heterocycles. The Kier molecular flexibility index (Phi) is 3.46. The fraction of sp³-hybridized carbons (Fsp3) is 0. The maximum absolute atomic E-state index is 8.65. The zero-order valence-electron chi connectivity index (χ0n) is 9.04. The number of aromatic nitrogens is 1. The predicted molar refractivity (Wildman–Crippen MR) is 66.6 cm³/mol. The molecular formula is C13H10N4. The third kappa shape index (κ3) is 3.14. The summed E-state index contributed by atoms with van der Waals surface area (Å²) in [4.78, 5) is 4.07. The predicted octanol–water partition coefficient (Wildman–Crippen LogP) is 2.40. The van der Waals surface area contributed by atoms with Crippen molar-refractivity contribution in [2.75, 3.05) is 5.43 Å². The van der Waals surface area contributed by atoms with Crippen LogP contribution in [0.2, 0.25) is 0 Å². The molecule has 1 N–H and O–H groups in total. The number of rotatable bonds is 3. The molecule has 0 fully saturated rings. The van der Waals surface area contributed by atoms with Crippen molar-refractivity contribution >= 4 is 12.0 Å². The van der Waals surface area contributed by atoms with Gasteiger partial charge in [-0.25, -0.2) is 4.98 Å². The van der Waals surface area contributed by atoms with Crippen molar-refractivity contribution in [1.29, 1.82) is 5.26 Å². The van der Waals surface area contributed by atoms with Crippen molar-refractivity contribution in [3.63, 3.8) is 0 Å². The summed E-state index contributed by atoms with van der Waals surface area (Å²) in [5.41, 5.74) is 4.38. The van der Waals surface area contributed by atoms with Crippen LogP contribution in [0.5, 0.6) is 0 Å². The van der Waals surface area contributed by atoms with Crippen LogP contribution >= 0.6 is 0 Å². The fourth-order valence-corrected chi connectivity index (χ4v) is 1.25. The van der Waals surface area contributed by atoms with E-state index in [9.17, 15) is 0 Å². The lowest BCUT2D eigenvalue weighted by Crippen LogP contribution is -1.92. The van der Waals surface area contributed by atoms with Crippen LogP contribution < -0.4 is 5.43 Å². The Hall–Kier alpha value is -2.67. The van der Waals surface area contributed by atoms with Crippen molar-refractivity contribution < 1.29 is 0 Å². The minimum absolute atomic E-state index is 0.639. The Labute approximate surface area is 99.2 Å². The molecule has 0 aliphatic rings. The van der Waals surface area contributed by atoms with Crippen LogP contribution in [0.4, 0.5) is 5.82 Å². The summed E-state index contributed by atoms with van der Waals surface area (Å²) in [7, 11) is 0. The van der Waals surface area contributed by atoms with Crippen molar-refractivity contribution in [3.05, 3.63) is 59.8 Å². The van der Waals surface area contributed by atoms with Gasteiger partial charge in [0.1, 0.15) is 5.82 Å². The quantitative estimate of drug-likeness (QED) is 0.640. The first-order valence-electron chi connectivity index (χ1n) is 5.09. The second-order valence-electron chi connectivity index (χ2n) is 3.32. The van der Waals surface area contributed by atoms with Crippen molar-refractivity contribution in [2.45, 2.75) is 0 Å². The summed E-state index contributed by atoms with van der Waals surface area (Å²) in [5, 5.41) is 12.7. The summed E-state index contributed by atoms with van der Waals surface area (Å²) < 4.78 is 0. The van der Waals surface area contributed by atoms with E-state index in [1.165, 1.54) is 0 Å². The Morgan fingerprint density at radius 2 is 2.00 bits per heavy atom. The minimum Gasteiger partial charge on any atom is -0.261 e. The molecule has 1 aromatic heterocycles. The monoisotopic (exact) mass is 222 g/mol. The number of hydrazone groups is 1. The van der Waals surface area contributed by atoms with E-state index in [0.717, 1.165) is 5.56 Å². The smallest absolute Gasteiger partial charge is 0.146 e. The van der Waals surface area contributed by atoms with E-state index in [0.29, 0.717) is 11.4 Å². The highest BCUT2D eigenvalue weighted by molar-refractivity contribution is 5.80. The van der Waals surface area contributed by atoms with Gasteiger partial charge in [-0.05, 0) is 29.8 Å². The molecule has 0 aliphatic heterocycles. The molecule has 1 heterocycles. The zero-order chi connectivity index (χ0) is 11.9. The van der Waals surface area contributed by atoms with Gasteiger partial charge < -0.3 is 0 Å². The van der Waals surface area contributed by atoms with Gasteiger partial charge in [-0.1, -0.05) is 18.2 Å². The normalized spacial score (nSPS) is 10.1. The summed E-state index contributed by atoms with van der Waals surface area (Å²) in [6.45, 7) is 0. The second-order valence-corrected chi connectivity index (χ2v) is 3.32. The molecule has 2 aromatic rings. The Balaban J connectivity index is 1.99. The van der Waals surface area contributed by atoms with E-state index < -0.39 is 0 Å². The molecule has 82 valence electrons. The average Bonchev–Trinajstić information content (AvgIpc) is 2.41. The molecule has 0 unspecified atom stereocenters. The number of hydrogen-bond donors (Lipinski definition) is 1. The number of nitrogens with zero attached hydrogens (tertiary/aromatic N) is 3. The first-order valence-corrected chi connectivity index (χ1v) is 5.09. The van der Waals surface area contributed by atoms with Gasteiger partial charge in [0.15, 0.2) is 0 Å². The molecule has 0 radical (unpaired) electrons. The van der Waals surface area contributed by atoms with E-state index in [2.05, 4.69) is 21.6 Å². The van der Waals surface area contributed by atoms with E-state index in [1.54, 1.807) is 24.5 Å². The third-order valence-corrected chi connectivity index (χ3v) is 2.10. The Bertz CT molecular complexity index is 538. The van der Waals surface area contributed by atoms with Gasteiger partial charge in [-0.2, -0.15) is 10.4 Å². The van der Waals surface area contributed by atoms with E-state index in [1.807, 2.05) is 30.3 Å². The molecule has 0 amide bonds. The van der Waals surface area contributed by atoms with Crippen molar-refractivity contribution in [3.8, 4) is 6.07 Å². The van der Waals surface area contributed by atoms with Crippen LogP contribution in [0, 0.1) is 11.3 Å². The molecule has 17 heavy (non-hydrogen) atoms. The standard InChI is InChI=1S/C13H10N4/c14-9-11-4-6-12(7-5-11)10-16-17-13-3-1-2-8-15-13/h1-8,10H,(H,15,17)/b16-10-. The summed E-state index contributed by atoms with van der Waals surface area (Å²) in [6.07, 6.45) is 3.37. The minimum atomic E-state index is 0.639. The maximum Gasteiger partial charge on any atom is 0.146 e.